The lowest BCUT2D eigenvalue weighted by molar-refractivity contribution is -0.0461. The molecule has 0 saturated carbocycles. The van der Waals surface area contributed by atoms with Crippen molar-refractivity contribution < 1.29 is 4.74 Å². The highest BCUT2D eigenvalue weighted by atomic mass is 79.9. The van der Waals surface area contributed by atoms with E-state index in [0.717, 1.165) is 38.5 Å². The molecule has 0 fully saturated rings. The Morgan fingerprint density at radius 2 is 1.96 bits per heavy atom. The van der Waals surface area contributed by atoms with Crippen LogP contribution in [-0.2, 0) is 0 Å². The molecule has 2 aromatic rings. The molecule has 0 N–H and O–H groups in total. The van der Waals surface area contributed by atoms with Crippen LogP contribution in [0.1, 0.15) is 37.4 Å². The van der Waals surface area contributed by atoms with E-state index in [2.05, 4.69) is 59.1 Å². The van der Waals surface area contributed by atoms with Gasteiger partial charge in [0.25, 0.3) is 0 Å². The first kappa shape index (κ1) is 16.0. The lowest BCUT2D eigenvalue weighted by Gasteiger charge is -2.40. The summed E-state index contributed by atoms with van der Waals surface area (Å²) in [5.74, 6) is 1.26. The van der Waals surface area contributed by atoms with Crippen molar-refractivity contribution in [3.05, 3.63) is 63.1 Å². The molecule has 2 aromatic carbocycles. The normalized spacial score (nSPS) is 22.0. The fourth-order valence-electron chi connectivity index (χ4n) is 3.34. The molecule has 0 amide bonds. The Balaban J connectivity index is 1.75. The maximum Gasteiger partial charge on any atom is 0.190 e. The van der Waals surface area contributed by atoms with Crippen LogP contribution >= 0.6 is 27.5 Å². The standard InChI is InChI=1S/C19H18BrClN2O/c1-11(2)19-23-17(15-9-14(21)7-8-18(15)24-19)10-16(22-23)12-3-5-13(20)6-4-12/h3-9,11,17,19H,10H2,1-2H3/t17-,19+/m0/s1. The van der Waals surface area contributed by atoms with Crippen LogP contribution in [-0.4, -0.2) is 16.9 Å². The van der Waals surface area contributed by atoms with E-state index in [9.17, 15) is 0 Å². The Labute approximate surface area is 155 Å². The van der Waals surface area contributed by atoms with E-state index in [1.165, 1.54) is 0 Å². The number of hydrogen-bond acceptors (Lipinski definition) is 3. The predicted molar refractivity (Wildman–Crippen MR) is 101 cm³/mol. The maximum absolute atomic E-state index is 6.22. The molecule has 0 bridgehead atoms. The van der Waals surface area contributed by atoms with Gasteiger partial charge in [0.2, 0.25) is 0 Å². The maximum atomic E-state index is 6.22. The van der Waals surface area contributed by atoms with Crippen LogP contribution in [0.5, 0.6) is 5.75 Å². The van der Waals surface area contributed by atoms with E-state index in [0.29, 0.717) is 5.92 Å². The first-order valence-electron chi connectivity index (χ1n) is 8.11. The third-order valence-corrected chi connectivity index (χ3v) is 5.29. The molecule has 5 heteroatoms. The van der Waals surface area contributed by atoms with Gasteiger partial charge in [-0.05, 0) is 35.9 Å². The van der Waals surface area contributed by atoms with Crippen molar-refractivity contribution in [2.24, 2.45) is 11.0 Å². The average molecular weight is 406 g/mol. The Kier molecular flexibility index (Phi) is 4.05. The SMILES string of the molecule is CC(C)[C@H]1Oc2ccc(Cl)cc2[C@@H]2CC(c3ccc(Br)cc3)=NN12. The Morgan fingerprint density at radius 1 is 1.21 bits per heavy atom. The first-order valence-corrected chi connectivity index (χ1v) is 9.28. The zero-order chi connectivity index (χ0) is 16.8. The number of hydrogen-bond donors (Lipinski definition) is 0. The number of halogens is 2. The van der Waals surface area contributed by atoms with Gasteiger partial charge in [-0.2, -0.15) is 5.10 Å². The Bertz CT molecular complexity index is 804. The van der Waals surface area contributed by atoms with Gasteiger partial charge in [-0.25, -0.2) is 5.01 Å². The minimum absolute atomic E-state index is 0.0587. The number of hydrazone groups is 1. The zero-order valence-electron chi connectivity index (χ0n) is 13.5. The number of fused-ring (bicyclic) bond motifs is 3. The fourth-order valence-corrected chi connectivity index (χ4v) is 3.79. The van der Waals surface area contributed by atoms with E-state index in [4.69, 9.17) is 21.4 Å². The summed E-state index contributed by atoms with van der Waals surface area (Å²) in [6.07, 6.45) is 0.804. The molecule has 4 rings (SSSR count). The number of rotatable bonds is 2. The Hall–Kier alpha value is -1.52. The van der Waals surface area contributed by atoms with Gasteiger partial charge in [-0.15, -0.1) is 0 Å². The van der Waals surface area contributed by atoms with E-state index < -0.39 is 0 Å². The van der Waals surface area contributed by atoms with Gasteiger partial charge in [-0.1, -0.05) is 53.5 Å². The molecular formula is C19H18BrClN2O. The van der Waals surface area contributed by atoms with Crippen LogP contribution in [0.25, 0.3) is 0 Å². The minimum atomic E-state index is -0.0587. The van der Waals surface area contributed by atoms with Gasteiger partial charge in [0.1, 0.15) is 5.75 Å². The summed E-state index contributed by atoms with van der Waals surface area (Å²) in [4.78, 5) is 0. The summed E-state index contributed by atoms with van der Waals surface area (Å²) < 4.78 is 7.29. The highest BCUT2D eigenvalue weighted by molar-refractivity contribution is 9.10. The number of nitrogens with zero attached hydrogens (tertiary/aromatic N) is 2. The van der Waals surface area contributed by atoms with Crippen molar-refractivity contribution in [3.63, 3.8) is 0 Å². The molecule has 2 aliphatic heterocycles. The number of ether oxygens (including phenoxy) is 1. The molecule has 24 heavy (non-hydrogen) atoms. The minimum Gasteiger partial charge on any atom is -0.468 e. The van der Waals surface area contributed by atoms with Gasteiger partial charge >= 0.3 is 0 Å². The molecule has 0 aromatic heterocycles. The molecule has 2 heterocycles. The molecule has 0 saturated heterocycles. The first-order chi connectivity index (χ1) is 11.5. The number of benzene rings is 2. The quantitative estimate of drug-likeness (QED) is 0.647. The van der Waals surface area contributed by atoms with E-state index in [1.54, 1.807) is 0 Å². The molecule has 2 atom stereocenters. The largest absolute Gasteiger partial charge is 0.468 e. The molecule has 0 spiro atoms. The molecule has 124 valence electrons. The smallest absolute Gasteiger partial charge is 0.190 e. The summed E-state index contributed by atoms with van der Waals surface area (Å²) in [6, 6.07) is 14.4. The lowest BCUT2D eigenvalue weighted by Crippen LogP contribution is -2.43. The second kappa shape index (κ2) is 6.08. The molecular weight excluding hydrogens is 388 g/mol. The third kappa shape index (κ3) is 2.72. The fraction of sp³-hybridized carbons (Fsp3) is 0.316. The van der Waals surface area contributed by atoms with Crippen LogP contribution in [0.15, 0.2) is 52.0 Å². The lowest BCUT2D eigenvalue weighted by atomic mass is 9.95. The van der Waals surface area contributed by atoms with Crippen molar-refractivity contribution in [2.45, 2.75) is 32.5 Å². The monoisotopic (exact) mass is 404 g/mol. The summed E-state index contributed by atoms with van der Waals surface area (Å²) >= 11 is 9.71. The second-order valence-electron chi connectivity index (χ2n) is 6.59. The Morgan fingerprint density at radius 3 is 2.67 bits per heavy atom. The van der Waals surface area contributed by atoms with Crippen molar-refractivity contribution in [2.75, 3.05) is 0 Å². The van der Waals surface area contributed by atoms with Gasteiger partial charge in [-0.3, -0.25) is 0 Å². The van der Waals surface area contributed by atoms with Crippen molar-refractivity contribution >= 4 is 33.2 Å². The third-order valence-electron chi connectivity index (χ3n) is 4.53. The van der Waals surface area contributed by atoms with Gasteiger partial charge in [0, 0.05) is 27.4 Å². The summed E-state index contributed by atoms with van der Waals surface area (Å²) in [5.41, 5.74) is 3.36. The van der Waals surface area contributed by atoms with Gasteiger partial charge < -0.3 is 4.74 Å². The highest BCUT2D eigenvalue weighted by Gasteiger charge is 2.41. The summed E-state index contributed by atoms with van der Waals surface area (Å²) in [7, 11) is 0. The van der Waals surface area contributed by atoms with Gasteiger partial charge in [0.05, 0.1) is 11.8 Å². The van der Waals surface area contributed by atoms with Crippen molar-refractivity contribution in [3.8, 4) is 5.75 Å². The van der Waals surface area contributed by atoms with E-state index >= 15 is 0 Å². The average Bonchev–Trinajstić information content (AvgIpc) is 3.00. The molecule has 2 aliphatic rings. The van der Waals surface area contributed by atoms with Crippen LogP contribution in [0, 0.1) is 5.92 Å². The van der Waals surface area contributed by atoms with Crippen molar-refractivity contribution in [1.82, 2.24) is 5.01 Å². The van der Waals surface area contributed by atoms with Crippen LogP contribution < -0.4 is 4.74 Å². The molecule has 0 aliphatic carbocycles. The van der Waals surface area contributed by atoms with Crippen LogP contribution in [0.3, 0.4) is 0 Å². The highest BCUT2D eigenvalue weighted by Crippen LogP contribution is 2.45. The molecule has 3 nitrogen and oxygen atoms in total. The zero-order valence-corrected chi connectivity index (χ0v) is 15.9. The topological polar surface area (TPSA) is 24.8 Å². The van der Waals surface area contributed by atoms with E-state index in [-0.39, 0.29) is 12.3 Å². The van der Waals surface area contributed by atoms with Gasteiger partial charge in [0.15, 0.2) is 6.23 Å². The van der Waals surface area contributed by atoms with Crippen LogP contribution in [0.2, 0.25) is 5.02 Å². The second-order valence-corrected chi connectivity index (χ2v) is 7.94. The van der Waals surface area contributed by atoms with Crippen LogP contribution in [0.4, 0.5) is 0 Å². The van der Waals surface area contributed by atoms with E-state index in [1.807, 2.05) is 18.2 Å². The summed E-state index contributed by atoms with van der Waals surface area (Å²) in [5, 5.41) is 7.75. The molecule has 0 radical (unpaired) electrons. The van der Waals surface area contributed by atoms with Crippen molar-refractivity contribution in [1.29, 1.82) is 0 Å². The predicted octanol–water partition coefficient (Wildman–Crippen LogP) is 5.63. The summed E-state index contributed by atoms with van der Waals surface area (Å²) in [6.45, 7) is 4.32. The molecule has 0 unspecified atom stereocenters.